The van der Waals surface area contributed by atoms with Crippen LogP contribution in [0.5, 0.6) is 0 Å². The molecular weight excluding hydrogens is 887 g/mol. The number of methoxy groups -OCH3 is 3. The number of amides is 1. The van der Waals surface area contributed by atoms with Crippen molar-refractivity contribution in [3.05, 3.63) is 53.9 Å². The third kappa shape index (κ3) is 14.2. The lowest BCUT2D eigenvalue weighted by molar-refractivity contribution is -0.265. The molecule has 1 aromatic rings. The highest BCUT2D eigenvalue weighted by molar-refractivity contribution is 6.39. The fourth-order valence-electron chi connectivity index (χ4n) is 10.7. The quantitative estimate of drug-likeness (QED) is 0.181. The van der Waals surface area contributed by atoms with E-state index in [1.807, 2.05) is 58.1 Å². The van der Waals surface area contributed by atoms with Crippen molar-refractivity contribution in [2.24, 2.45) is 35.5 Å². The van der Waals surface area contributed by atoms with E-state index in [1.165, 1.54) is 12.0 Å². The van der Waals surface area contributed by atoms with Gasteiger partial charge in [-0.05, 0) is 117 Å². The number of carbonyl (C=O) groups is 5. The molecule has 69 heavy (non-hydrogen) atoms. The molecule has 4 heterocycles. The number of piperidine rings is 1. The molecule has 17 nitrogen and oxygen atoms in total. The number of hydrogen-bond donors (Lipinski definition) is 2. The Labute approximate surface area is 408 Å². The third-order valence-corrected chi connectivity index (χ3v) is 15.2. The van der Waals surface area contributed by atoms with E-state index < -0.39 is 77.8 Å². The fourth-order valence-corrected chi connectivity index (χ4v) is 10.7. The molecule has 17 heteroatoms. The molecular formula is C52H79N5O12. The van der Waals surface area contributed by atoms with E-state index in [2.05, 4.69) is 15.5 Å². The van der Waals surface area contributed by atoms with Gasteiger partial charge in [0.05, 0.1) is 24.4 Å². The van der Waals surface area contributed by atoms with Crippen molar-refractivity contribution in [2.75, 3.05) is 27.9 Å². The number of allylic oxidation sites excluding steroid dienone is 6. The molecule has 2 bridgehead atoms. The van der Waals surface area contributed by atoms with Crippen LogP contribution in [0.4, 0.5) is 0 Å². The molecule has 0 radical (unpaired) electrons. The second-order valence-corrected chi connectivity index (χ2v) is 20.4. The van der Waals surface area contributed by atoms with Crippen molar-refractivity contribution in [3.8, 4) is 0 Å². The average Bonchev–Trinajstić information content (AvgIpc) is 3.88. The number of tetrazole rings is 1. The van der Waals surface area contributed by atoms with Gasteiger partial charge in [-0.3, -0.25) is 19.2 Å². The normalized spacial score (nSPS) is 38.8. The van der Waals surface area contributed by atoms with Crippen LogP contribution >= 0.6 is 0 Å². The summed E-state index contributed by atoms with van der Waals surface area (Å²) in [6.07, 6.45) is 13.9. The molecule has 0 spiro atoms. The van der Waals surface area contributed by atoms with Crippen LogP contribution < -0.4 is 0 Å². The number of aliphatic hydroxyl groups excluding tert-OH is 1. The van der Waals surface area contributed by atoms with E-state index in [0.29, 0.717) is 56.9 Å². The smallest absolute Gasteiger partial charge is 0.329 e. The van der Waals surface area contributed by atoms with E-state index >= 15 is 0 Å². The fraction of sp³-hybridized carbons (Fsp3) is 0.731. The Morgan fingerprint density at radius 1 is 0.884 bits per heavy atom. The number of rotatable bonds is 7. The summed E-state index contributed by atoms with van der Waals surface area (Å²) in [5, 5.41) is 35.2. The molecule has 4 aliphatic rings. The molecule has 1 aliphatic carbocycles. The first kappa shape index (κ1) is 55.7. The molecule has 2 saturated heterocycles. The molecule has 5 rings (SSSR count). The van der Waals surface area contributed by atoms with Gasteiger partial charge in [0, 0.05) is 58.5 Å². The van der Waals surface area contributed by atoms with Crippen LogP contribution in [0.15, 0.2) is 53.9 Å². The van der Waals surface area contributed by atoms with Gasteiger partial charge in [0.1, 0.15) is 36.5 Å². The minimum Gasteiger partial charge on any atom is -0.460 e. The summed E-state index contributed by atoms with van der Waals surface area (Å²) in [6.45, 7) is 12.8. The van der Waals surface area contributed by atoms with Gasteiger partial charge in [-0.25, -0.2) is 9.48 Å². The predicted octanol–water partition coefficient (Wildman–Crippen LogP) is 6.05. The summed E-state index contributed by atoms with van der Waals surface area (Å²) >= 11 is 0. The Kier molecular flexibility index (Phi) is 20.8. The lowest BCUT2D eigenvalue weighted by atomic mass is 9.77. The van der Waals surface area contributed by atoms with Crippen molar-refractivity contribution in [3.63, 3.8) is 0 Å². The first-order valence-electron chi connectivity index (χ1n) is 25.0. The molecule has 384 valence electrons. The first-order chi connectivity index (χ1) is 32.8. The molecule has 3 fully saturated rings. The second kappa shape index (κ2) is 25.7. The van der Waals surface area contributed by atoms with Crippen LogP contribution in [0.3, 0.4) is 0 Å². The molecule has 1 aromatic heterocycles. The largest absolute Gasteiger partial charge is 0.460 e. The van der Waals surface area contributed by atoms with Crippen molar-refractivity contribution < 1.29 is 57.9 Å². The van der Waals surface area contributed by atoms with Crippen LogP contribution in [-0.2, 0) is 47.7 Å². The van der Waals surface area contributed by atoms with Gasteiger partial charge in [-0.2, -0.15) is 0 Å². The monoisotopic (exact) mass is 966 g/mol. The zero-order chi connectivity index (χ0) is 50.6. The number of carbonyl (C=O) groups excluding carboxylic acids is 5. The van der Waals surface area contributed by atoms with Crippen LogP contribution in [0.25, 0.3) is 0 Å². The van der Waals surface area contributed by atoms with Crippen LogP contribution in [0, 0.1) is 35.5 Å². The minimum atomic E-state index is -2.43. The van der Waals surface area contributed by atoms with Crippen LogP contribution in [0.1, 0.15) is 132 Å². The predicted molar refractivity (Wildman–Crippen MR) is 256 cm³/mol. The van der Waals surface area contributed by atoms with Gasteiger partial charge in [0.15, 0.2) is 5.78 Å². The number of aliphatic hydroxyl groups is 2. The van der Waals surface area contributed by atoms with Crippen molar-refractivity contribution in [2.45, 2.75) is 180 Å². The van der Waals surface area contributed by atoms with Gasteiger partial charge >= 0.3 is 5.97 Å². The van der Waals surface area contributed by atoms with E-state index in [0.717, 1.165) is 18.4 Å². The highest BCUT2D eigenvalue weighted by Crippen LogP contribution is 2.39. The minimum absolute atomic E-state index is 0.0170. The number of esters is 1. The average molecular weight is 966 g/mol. The number of fused-ring (bicyclic) bond motifs is 3. The Hall–Kier alpha value is -4.26. The number of aromatic nitrogens is 4. The third-order valence-electron chi connectivity index (χ3n) is 15.2. The van der Waals surface area contributed by atoms with Gasteiger partial charge in [-0.15, -0.1) is 5.10 Å². The first-order valence-corrected chi connectivity index (χ1v) is 25.0. The van der Waals surface area contributed by atoms with E-state index in [-0.39, 0.29) is 60.9 Å². The molecule has 3 aliphatic heterocycles. The topological polar surface area (TPSA) is 219 Å². The lowest BCUT2D eigenvalue weighted by Gasteiger charge is -2.42. The Bertz CT molecular complexity index is 2020. The summed E-state index contributed by atoms with van der Waals surface area (Å²) in [6, 6.07) is -1.19. The maximum absolute atomic E-state index is 14.5. The van der Waals surface area contributed by atoms with Crippen LogP contribution in [-0.4, -0.2) is 141 Å². The zero-order valence-electron chi connectivity index (χ0n) is 42.5. The van der Waals surface area contributed by atoms with E-state index in [9.17, 15) is 34.2 Å². The number of nitrogens with zero attached hydrogens (tertiary/aromatic N) is 5. The maximum atomic E-state index is 14.5. The summed E-state index contributed by atoms with van der Waals surface area (Å²) in [7, 11) is 4.62. The Balaban J connectivity index is 1.46. The number of hydrogen-bond acceptors (Lipinski definition) is 15. The molecule has 1 unspecified atom stereocenters. The van der Waals surface area contributed by atoms with Crippen molar-refractivity contribution >= 4 is 29.2 Å². The Morgan fingerprint density at radius 3 is 2.32 bits per heavy atom. The zero-order valence-corrected chi connectivity index (χ0v) is 42.5. The number of ketones is 3. The summed E-state index contributed by atoms with van der Waals surface area (Å²) in [4.78, 5) is 72.3. The van der Waals surface area contributed by atoms with Gasteiger partial charge in [0.25, 0.3) is 11.7 Å². The van der Waals surface area contributed by atoms with E-state index in [4.69, 9.17) is 23.7 Å². The second-order valence-electron chi connectivity index (χ2n) is 20.4. The van der Waals surface area contributed by atoms with Crippen molar-refractivity contribution in [1.82, 2.24) is 25.1 Å². The molecule has 1 saturated carbocycles. The number of ether oxygens (including phenoxy) is 5. The Morgan fingerprint density at radius 2 is 1.64 bits per heavy atom. The molecule has 1 amide bonds. The van der Waals surface area contributed by atoms with E-state index in [1.54, 1.807) is 52.1 Å². The van der Waals surface area contributed by atoms with Gasteiger partial charge in [-0.1, -0.05) is 71.1 Å². The van der Waals surface area contributed by atoms with Crippen LogP contribution in [0.2, 0.25) is 0 Å². The summed E-state index contributed by atoms with van der Waals surface area (Å²) in [5.41, 5.74) is 1.27. The number of cyclic esters (lactones) is 1. The SMILES string of the molecule is CO[C@H]1CC2CC[C@@H](C)[C@@](O)(O2)C(=O)C(=O)N2CCCC[C@H]2C(=O)O[C@H]([C@H](C)C[C@@H]2CC[C@H](n3cnnn3)[C@H](OC)C2)CC(=O)[C@H](C)/C=C(\C)[C@@H](O)[C@@H](OC)C(=O)[C@H](C)C[C@H](C)/C=C/C=C/C=C/1C. The van der Waals surface area contributed by atoms with Gasteiger partial charge < -0.3 is 38.8 Å². The summed E-state index contributed by atoms with van der Waals surface area (Å²) < 4.78 is 31.6. The molecule has 0 aromatic carbocycles. The van der Waals surface area contributed by atoms with Gasteiger partial charge in [0.2, 0.25) is 5.79 Å². The van der Waals surface area contributed by atoms with Crippen molar-refractivity contribution in [1.29, 1.82) is 0 Å². The summed E-state index contributed by atoms with van der Waals surface area (Å²) in [5.74, 6) is -7.92. The molecule has 2 N–H and O–H groups in total. The standard InChI is InChI=1S/C52H79N5O12/c1-31-16-12-11-13-17-32(2)43(65-8)28-39-21-19-37(7)52(64,69-39)49(61)50(62)56-23-15-14-18-41(56)51(63)68-44(34(4)26-38-20-22-40(45(27-38)66-9)57-30-53-54-55-57)29-42(58)33(3)25-36(6)47(60)48(67-10)46(59)35(5)24-31/h11-13,16-17,25,30-31,33-35,37-41,43-45,47-48,60,64H,14-15,18-24,26-29H2,1-10H3/b13-11+,16-12+,32-17+,36-25+/t31-,33-,34-,35-,37-,38+,39?,40+,41+,43+,44+,45-,47-,48+,52-/m1/s1. The molecule has 15 atom stereocenters. The lowest BCUT2D eigenvalue weighted by Crippen LogP contribution is -2.61. The maximum Gasteiger partial charge on any atom is 0.329 e. The number of Topliss-reactive ketones (excluding diaryl/α,β-unsaturated/α-hetero) is 3. The highest BCUT2D eigenvalue weighted by Gasteiger charge is 2.53. The highest BCUT2D eigenvalue weighted by atomic mass is 16.6.